The van der Waals surface area contributed by atoms with E-state index in [0.717, 1.165) is 10.0 Å². The molecular weight excluding hydrogens is 300 g/mol. The molecule has 94 valence electrons. The van der Waals surface area contributed by atoms with Crippen LogP contribution in [0.15, 0.2) is 34.9 Å². The lowest BCUT2D eigenvalue weighted by atomic mass is 10.2. The fourth-order valence-electron chi connectivity index (χ4n) is 1.66. The molecule has 0 saturated carbocycles. The summed E-state index contributed by atoms with van der Waals surface area (Å²) in [6, 6.07) is 7.62. The second kappa shape index (κ2) is 5.22. The van der Waals surface area contributed by atoms with Crippen LogP contribution in [0.25, 0.3) is 0 Å². The molecule has 18 heavy (non-hydrogen) atoms. The second-order valence-corrected chi connectivity index (χ2v) is 4.57. The molecule has 0 unspecified atom stereocenters. The van der Waals surface area contributed by atoms with Crippen LogP contribution in [-0.2, 0) is 6.54 Å². The zero-order valence-corrected chi connectivity index (χ0v) is 11.2. The van der Waals surface area contributed by atoms with Crippen molar-refractivity contribution in [3.05, 3.63) is 46.2 Å². The smallest absolute Gasteiger partial charge is 0.358 e. The van der Waals surface area contributed by atoms with E-state index in [2.05, 4.69) is 21.0 Å². The SMILES string of the molecule is COc1cnn(Cc2cccc(Br)c2)c1C(=O)O. The third-order valence-corrected chi connectivity index (χ3v) is 2.94. The van der Waals surface area contributed by atoms with Crippen LogP contribution in [0.4, 0.5) is 0 Å². The molecule has 0 bridgehead atoms. The van der Waals surface area contributed by atoms with E-state index >= 15 is 0 Å². The lowest BCUT2D eigenvalue weighted by Crippen LogP contribution is -2.11. The number of hydrogen-bond acceptors (Lipinski definition) is 3. The summed E-state index contributed by atoms with van der Waals surface area (Å²) in [5, 5.41) is 13.2. The third-order valence-electron chi connectivity index (χ3n) is 2.45. The number of rotatable bonds is 4. The van der Waals surface area contributed by atoms with Crippen LogP contribution in [0.1, 0.15) is 16.1 Å². The minimum Gasteiger partial charge on any atom is -0.493 e. The van der Waals surface area contributed by atoms with Crippen molar-refractivity contribution in [1.82, 2.24) is 9.78 Å². The Bertz CT molecular complexity index is 580. The Morgan fingerprint density at radius 1 is 1.56 bits per heavy atom. The van der Waals surface area contributed by atoms with Gasteiger partial charge in [0.05, 0.1) is 19.9 Å². The number of aromatic nitrogens is 2. The Labute approximate surface area is 112 Å². The first-order valence-corrected chi connectivity index (χ1v) is 5.98. The summed E-state index contributed by atoms with van der Waals surface area (Å²) >= 11 is 3.37. The lowest BCUT2D eigenvalue weighted by molar-refractivity contribution is 0.0680. The number of nitrogens with zero attached hydrogens (tertiary/aromatic N) is 2. The van der Waals surface area contributed by atoms with Gasteiger partial charge in [-0.15, -0.1) is 0 Å². The average Bonchev–Trinajstić information content (AvgIpc) is 2.72. The summed E-state index contributed by atoms with van der Waals surface area (Å²) in [4.78, 5) is 11.2. The van der Waals surface area contributed by atoms with Gasteiger partial charge in [0.1, 0.15) is 0 Å². The molecule has 0 aliphatic carbocycles. The molecule has 0 atom stereocenters. The molecule has 1 heterocycles. The molecule has 0 fully saturated rings. The van der Waals surface area contributed by atoms with E-state index in [1.807, 2.05) is 24.3 Å². The van der Waals surface area contributed by atoms with Crippen LogP contribution in [-0.4, -0.2) is 28.0 Å². The van der Waals surface area contributed by atoms with Crippen molar-refractivity contribution in [3.63, 3.8) is 0 Å². The maximum atomic E-state index is 11.2. The molecular formula is C12H11BrN2O3. The summed E-state index contributed by atoms with van der Waals surface area (Å²) < 4.78 is 7.32. The molecule has 0 spiro atoms. The number of halogens is 1. The fraction of sp³-hybridized carbons (Fsp3) is 0.167. The van der Waals surface area contributed by atoms with Crippen molar-refractivity contribution in [2.45, 2.75) is 6.54 Å². The van der Waals surface area contributed by atoms with Gasteiger partial charge in [-0.3, -0.25) is 4.68 Å². The molecule has 6 heteroatoms. The van der Waals surface area contributed by atoms with Gasteiger partial charge in [-0.1, -0.05) is 28.1 Å². The Morgan fingerprint density at radius 2 is 2.33 bits per heavy atom. The molecule has 1 aromatic carbocycles. The number of carbonyl (C=O) groups is 1. The predicted molar refractivity (Wildman–Crippen MR) is 69.0 cm³/mol. The van der Waals surface area contributed by atoms with Gasteiger partial charge in [0.25, 0.3) is 0 Å². The molecule has 0 radical (unpaired) electrons. The molecule has 2 rings (SSSR count). The standard InChI is InChI=1S/C12H11BrN2O3/c1-18-10-6-14-15(11(10)12(16)17)7-8-3-2-4-9(13)5-8/h2-6H,7H2,1H3,(H,16,17). The summed E-state index contributed by atoms with van der Waals surface area (Å²) in [6.45, 7) is 0.379. The molecule has 1 aromatic heterocycles. The van der Waals surface area contributed by atoms with Crippen LogP contribution in [0, 0.1) is 0 Å². The first-order valence-electron chi connectivity index (χ1n) is 5.19. The first kappa shape index (κ1) is 12.6. The average molecular weight is 311 g/mol. The van der Waals surface area contributed by atoms with Crippen molar-refractivity contribution in [1.29, 1.82) is 0 Å². The lowest BCUT2D eigenvalue weighted by Gasteiger charge is -2.06. The van der Waals surface area contributed by atoms with E-state index in [4.69, 9.17) is 9.84 Å². The number of carboxylic acids is 1. The second-order valence-electron chi connectivity index (χ2n) is 3.65. The highest BCUT2D eigenvalue weighted by Crippen LogP contribution is 2.19. The van der Waals surface area contributed by atoms with E-state index in [0.29, 0.717) is 6.54 Å². The molecule has 1 N–H and O–H groups in total. The number of carboxylic acid groups (broad SMARTS) is 1. The van der Waals surface area contributed by atoms with E-state index in [9.17, 15) is 4.79 Å². The summed E-state index contributed by atoms with van der Waals surface area (Å²) in [7, 11) is 1.42. The van der Waals surface area contributed by atoms with Crippen molar-refractivity contribution in [2.24, 2.45) is 0 Å². The van der Waals surface area contributed by atoms with Crippen molar-refractivity contribution < 1.29 is 14.6 Å². The number of ether oxygens (including phenoxy) is 1. The minimum absolute atomic E-state index is 0.0532. The van der Waals surface area contributed by atoms with Gasteiger partial charge >= 0.3 is 5.97 Å². The highest BCUT2D eigenvalue weighted by molar-refractivity contribution is 9.10. The van der Waals surface area contributed by atoms with Crippen LogP contribution in [0.2, 0.25) is 0 Å². The quantitative estimate of drug-likeness (QED) is 0.942. The van der Waals surface area contributed by atoms with E-state index in [-0.39, 0.29) is 11.4 Å². The fourth-order valence-corrected chi connectivity index (χ4v) is 2.11. The number of methoxy groups -OCH3 is 1. The first-order chi connectivity index (χ1) is 8.61. The van der Waals surface area contributed by atoms with Gasteiger partial charge in [0, 0.05) is 4.47 Å². The summed E-state index contributed by atoms with van der Waals surface area (Å²) in [5.41, 5.74) is 1.01. The van der Waals surface area contributed by atoms with Crippen LogP contribution < -0.4 is 4.74 Å². The van der Waals surface area contributed by atoms with Gasteiger partial charge in [-0.25, -0.2) is 4.79 Å². The number of hydrogen-bond donors (Lipinski definition) is 1. The number of benzene rings is 1. The Hall–Kier alpha value is -1.82. The maximum absolute atomic E-state index is 11.2. The van der Waals surface area contributed by atoms with E-state index in [1.165, 1.54) is 18.0 Å². The molecule has 0 aliphatic heterocycles. The van der Waals surface area contributed by atoms with E-state index in [1.54, 1.807) is 0 Å². The molecule has 0 aliphatic rings. The van der Waals surface area contributed by atoms with Gasteiger partial charge < -0.3 is 9.84 Å². The number of aromatic carboxylic acids is 1. The van der Waals surface area contributed by atoms with E-state index < -0.39 is 5.97 Å². The van der Waals surface area contributed by atoms with Crippen molar-refractivity contribution in [2.75, 3.05) is 7.11 Å². The van der Waals surface area contributed by atoms with Crippen molar-refractivity contribution >= 4 is 21.9 Å². The third kappa shape index (κ3) is 2.53. The molecule has 5 nitrogen and oxygen atoms in total. The Balaban J connectivity index is 2.35. The molecule has 0 saturated heterocycles. The maximum Gasteiger partial charge on any atom is 0.358 e. The summed E-state index contributed by atoms with van der Waals surface area (Å²) in [5.74, 6) is -0.795. The van der Waals surface area contributed by atoms with Crippen LogP contribution in [0.5, 0.6) is 5.75 Å². The normalized spacial score (nSPS) is 10.3. The van der Waals surface area contributed by atoms with Crippen LogP contribution in [0.3, 0.4) is 0 Å². The summed E-state index contributed by atoms with van der Waals surface area (Å²) in [6.07, 6.45) is 1.40. The predicted octanol–water partition coefficient (Wildman–Crippen LogP) is 2.40. The van der Waals surface area contributed by atoms with Gasteiger partial charge in [-0.05, 0) is 17.7 Å². The highest BCUT2D eigenvalue weighted by Gasteiger charge is 2.18. The van der Waals surface area contributed by atoms with Crippen molar-refractivity contribution in [3.8, 4) is 5.75 Å². The van der Waals surface area contributed by atoms with Gasteiger partial charge in [0.15, 0.2) is 11.4 Å². The minimum atomic E-state index is -1.06. The molecule has 0 amide bonds. The van der Waals surface area contributed by atoms with Gasteiger partial charge in [0.2, 0.25) is 0 Å². The van der Waals surface area contributed by atoms with Crippen LogP contribution >= 0.6 is 15.9 Å². The zero-order valence-electron chi connectivity index (χ0n) is 9.63. The van der Waals surface area contributed by atoms with Gasteiger partial charge in [-0.2, -0.15) is 5.10 Å². The highest BCUT2D eigenvalue weighted by atomic mass is 79.9. The zero-order chi connectivity index (χ0) is 13.1. The molecule has 2 aromatic rings. The monoisotopic (exact) mass is 310 g/mol. The topological polar surface area (TPSA) is 64.4 Å². The Morgan fingerprint density at radius 3 is 2.94 bits per heavy atom. The largest absolute Gasteiger partial charge is 0.493 e. The Kier molecular flexibility index (Phi) is 3.66.